The molecule has 0 saturated carbocycles. The van der Waals surface area contributed by atoms with Gasteiger partial charge in [-0.25, -0.2) is 0 Å². The summed E-state index contributed by atoms with van der Waals surface area (Å²) >= 11 is 0. The summed E-state index contributed by atoms with van der Waals surface area (Å²) in [4.78, 5) is 11.9. The van der Waals surface area contributed by atoms with Crippen LogP contribution in [0.5, 0.6) is 11.5 Å². The summed E-state index contributed by atoms with van der Waals surface area (Å²) < 4.78 is 5.70. The molecule has 4 nitrogen and oxygen atoms in total. The van der Waals surface area contributed by atoms with E-state index in [0.717, 1.165) is 23.6 Å². The van der Waals surface area contributed by atoms with Gasteiger partial charge in [0.15, 0.2) is 0 Å². The minimum atomic E-state index is -0.148. The van der Waals surface area contributed by atoms with Gasteiger partial charge in [-0.05, 0) is 42.8 Å². The standard InChI is InChI=1S/C17H20N2O2/c1-2-13(12-18)17(20)19-14-8-10-16(11-9-14)21-15-6-4-3-5-7-15/h3-11,13H,2,12,18H2,1H3,(H,19,20). The molecular weight excluding hydrogens is 264 g/mol. The molecule has 0 aliphatic heterocycles. The van der Waals surface area contributed by atoms with Crippen LogP contribution >= 0.6 is 0 Å². The highest BCUT2D eigenvalue weighted by Crippen LogP contribution is 2.22. The molecule has 2 aromatic carbocycles. The van der Waals surface area contributed by atoms with Crippen molar-refractivity contribution in [2.45, 2.75) is 13.3 Å². The van der Waals surface area contributed by atoms with Crippen molar-refractivity contribution in [3.05, 3.63) is 54.6 Å². The Kier molecular flexibility index (Phi) is 5.35. The average Bonchev–Trinajstić information content (AvgIpc) is 2.51. The molecule has 4 heteroatoms. The number of carbonyl (C=O) groups excluding carboxylic acids is 1. The van der Waals surface area contributed by atoms with E-state index in [1.54, 1.807) is 0 Å². The van der Waals surface area contributed by atoms with Crippen LogP contribution in [0.2, 0.25) is 0 Å². The molecule has 2 rings (SSSR count). The molecule has 0 aliphatic rings. The highest BCUT2D eigenvalue weighted by molar-refractivity contribution is 5.92. The number of anilines is 1. The van der Waals surface area contributed by atoms with Crippen LogP contribution in [0.1, 0.15) is 13.3 Å². The number of ether oxygens (including phenoxy) is 1. The maximum absolute atomic E-state index is 11.9. The van der Waals surface area contributed by atoms with Crippen molar-refractivity contribution in [1.82, 2.24) is 0 Å². The van der Waals surface area contributed by atoms with Crippen LogP contribution in [0.15, 0.2) is 54.6 Å². The second kappa shape index (κ2) is 7.45. The summed E-state index contributed by atoms with van der Waals surface area (Å²) in [5, 5.41) is 2.86. The van der Waals surface area contributed by atoms with Gasteiger partial charge in [-0.15, -0.1) is 0 Å². The smallest absolute Gasteiger partial charge is 0.228 e. The van der Waals surface area contributed by atoms with Crippen LogP contribution in [0.25, 0.3) is 0 Å². The Morgan fingerprint density at radius 3 is 2.29 bits per heavy atom. The molecule has 21 heavy (non-hydrogen) atoms. The third kappa shape index (κ3) is 4.33. The molecule has 0 aromatic heterocycles. The predicted octanol–water partition coefficient (Wildman–Crippen LogP) is 3.40. The summed E-state index contributed by atoms with van der Waals surface area (Å²) in [6, 6.07) is 16.8. The SMILES string of the molecule is CCC(CN)C(=O)Nc1ccc(Oc2ccccc2)cc1. The zero-order chi connectivity index (χ0) is 15.1. The van der Waals surface area contributed by atoms with Crippen molar-refractivity contribution in [2.75, 3.05) is 11.9 Å². The second-order valence-corrected chi connectivity index (χ2v) is 4.77. The van der Waals surface area contributed by atoms with Crippen molar-refractivity contribution in [2.24, 2.45) is 11.7 Å². The zero-order valence-corrected chi connectivity index (χ0v) is 12.1. The highest BCUT2D eigenvalue weighted by Gasteiger charge is 2.14. The van der Waals surface area contributed by atoms with E-state index in [1.807, 2.05) is 61.5 Å². The number of nitrogens with two attached hydrogens (primary N) is 1. The lowest BCUT2D eigenvalue weighted by Gasteiger charge is -2.13. The van der Waals surface area contributed by atoms with Gasteiger partial charge in [0.1, 0.15) is 11.5 Å². The minimum Gasteiger partial charge on any atom is -0.457 e. The van der Waals surface area contributed by atoms with Crippen molar-refractivity contribution < 1.29 is 9.53 Å². The van der Waals surface area contributed by atoms with E-state index in [2.05, 4.69) is 5.32 Å². The van der Waals surface area contributed by atoms with E-state index in [0.29, 0.717) is 6.54 Å². The molecule has 0 heterocycles. The highest BCUT2D eigenvalue weighted by atomic mass is 16.5. The molecule has 0 fully saturated rings. The summed E-state index contributed by atoms with van der Waals surface area (Å²) in [5.41, 5.74) is 6.31. The molecule has 110 valence electrons. The molecule has 1 atom stereocenters. The Morgan fingerprint density at radius 2 is 1.71 bits per heavy atom. The zero-order valence-electron chi connectivity index (χ0n) is 12.1. The van der Waals surface area contributed by atoms with Crippen LogP contribution in [-0.2, 0) is 4.79 Å². The van der Waals surface area contributed by atoms with E-state index in [1.165, 1.54) is 0 Å². The number of amides is 1. The molecule has 1 unspecified atom stereocenters. The van der Waals surface area contributed by atoms with Gasteiger partial charge in [0.2, 0.25) is 5.91 Å². The summed E-state index contributed by atoms with van der Waals surface area (Å²) in [6.07, 6.45) is 0.734. The predicted molar refractivity (Wildman–Crippen MR) is 84.4 cm³/mol. The first-order valence-corrected chi connectivity index (χ1v) is 7.06. The Labute approximate surface area is 124 Å². The van der Waals surface area contributed by atoms with Crippen molar-refractivity contribution >= 4 is 11.6 Å². The topological polar surface area (TPSA) is 64.4 Å². The van der Waals surface area contributed by atoms with E-state index < -0.39 is 0 Å². The van der Waals surface area contributed by atoms with Crippen LogP contribution in [0.3, 0.4) is 0 Å². The lowest BCUT2D eigenvalue weighted by Crippen LogP contribution is -2.28. The number of hydrogen-bond donors (Lipinski definition) is 2. The van der Waals surface area contributed by atoms with Crippen molar-refractivity contribution in [3.63, 3.8) is 0 Å². The fourth-order valence-electron chi connectivity index (χ4n) is 1.93. The molecule has 0 spiro atoms. The van der Waals surface area contributed by atoms with Crippen molar-refractivity contribution in [1.29, 1.82) is 0 Å². The molecule has 1 amide bonds. The quantitative estimate of drug-likeness (QED) is 0.854. The van der Waals surface area contributed by atoms with Gasteiger partial charge < -0.3 is 15.8 Å². The summed E-state index contributed by atoms with van der Waals surface area (Å²) in [6.45, 7) is 2.31. The Morgan fingerprint density at radius 1 is 1.10 bits per heavy atom. The number of carbonyl (C=O) groups is 1. The van der Waals surface area contributed by atoms with E-state index in [9.17, 15) is 4.79 Å². The number of para-hydroxylation sites is 1. The Balaban J connectivity index is 1.97. The maximum Gasteiger partial charge on any atom is 0.228 e. The van der Waals surface area contributed by atoms with Gasteiger partial charge in [0, 0.05) is 12.2 Å². The fourth-order valence-corrected chi connectivity index (χ4v) is 1.93. The van der Waals surface area contributed by atoms with Gasteiger partial charge in [0.25, 0.3) is 0 Å². The lowest BCUT2D eigenvalue weighted by molar-refractivity contribution is -0.119. The van der Waals surface area contributed by atoms with Crippen LogP contribution in [-0.4, -0.2) is 12.5 Å². The first-order valence-electron chi connectivity index (χ1n) is 7.06. The molecular formula is C17H20N2O2. The van der Waals surface area contributed by atoms with Gasteiger partial charge in [0.05, 0.1) is 5.92 Å². The summed E-state index contributed by atoms with van der Waals surface area (Å²) in [7, 11) is 0. The molecule has 0 saturated heterocycles. The van der Waals surface area contributed by atoms with Gasteiger partial charge in [-0.2, -0.15) is 0 Å². The van der Waals surface area contributed by atoms with Crippen molar-refractivity contribution in [3.8, 4) is 11.5 Å². The number of benzene rings is 2. The average molecular weight is 284 g/mol. The van der Waals surface area contributed by atoms with Gasteiger partial charge in [-0.3, -0.25) is 4.79 Å². The Hall–Kier alpha value is -2.33. The lowest BCUT2D eigenvalue weighted by atomic mass is 10.1. The number of rotatable bonds is 6. The Bertz CT molecular complexity index is 563. The summed E-state index contributed by atoms with van der Waals surface area (Å²) in [5.74, 6) is 1.32. The number of hydrogen-bond acceptors (Lipinski definition) is 3. The minimum absolute atomic E-state index is 0.0447. The molecule has 3 N–H and O–H groups in total. The number of nitrogens with one attached hydrogen (secondary N) is 1. The normalized spacial score (nSPS) is 11.7. The second-order valence-electron chi connectivity index (χ2n) is 4.77. The van der Waals surface area contributed by atoms with Gasteiger partial charge in [-0.1, -0.05) is 25.1 Å². The first kappa shape index (κ1) is 15.1. The molecule has 0 radical (unpaired) electrons. The van der Waals surface area contributed by atoms with E-state index >= 15 is 0 Å². The van der Waals surface area contributed by atoms with Crippen LogP contribution < -0.4 is 15.8 Å². The molecule has 0 aliphatic carbocycles. The molecule has 0 bridgehead atoms. The van der Waals surface area contributed by atoms with Crippen LogP contribution in [0.4, 0.5) is 5.69 Å². The van der Waals surface area contributed by atoms with E-state index in [4.69, 9.17) is 10.5 Å². The first-order chi connectivity index (χ1) is 10.2. The van der Waals surface area contributed by atoms with Crippen LogP contribution in [0, 0.1) is 5.92 Å². The third-order valence-corrected chi connectivity index (χ3v) is 3.25. The largest absolute Gasteiger partial charge is 0.457 e. The maximum atomic E-state index is 11.9. The monoisotopic (exact) mass is 284 g/mol. The van der Waals surface area contributed by atoms with Gasteiger partial charge >= 0.3 is 0 Å². The van der Waals surface area contributed by atoms with E-state index in [-0.39, 0.29) is 11.8 Å². The molecule has 2 aromatic rings. The third-order valence-electron chi connectivity index (χ3n) is 3.25. The fraction of sp³-hybridized carbons (Fsp3) is 0.235.